The fraction of sp³-hybridized carbons (Fsp3) is 0.375. The third kappa shape index (κ3) is 2.28. The minimum Gasteiger partial charge on any atom is -0.399 e. The van der Waals surface area contributed by atoms with Crippen LogP contribution in [0.25, 0.3) is 0 Å². The van der Waals surface area contributed by atoms with Gasteiger partial charge in [-0.15, -0.1) is 0 Å². The van der Waals surface area contributed by atoms with E-state index in [9.17, 15) is 0 Å². The summed E-state index contributed by atoms with van der Waals surface area (Å²) in [5, 5.41) is 0. The van der Waals surface area contributed by atoms with Gasteiger partial charge in [-0.05, 0) is 55.0 Å². The summed E-state index contributed by atoms with van der Waals surface area (Å²) in [6, 6.07) is 6.33. The molecule has 0 bridgehead atoms. The van der Waals surface area contributed by atoms with Gasteiger partial charge in [-0.2, -0.15) is 0 Å². The molecule has 94 valence electrons. The largest absolute Gasteiger partial charge is 0.399 e. The zero-order valence-corrected chi connectivity index (χ0v) is 10.7. The fourth-order valence-corrected chi connectivity index (χ4v) is 2.86. The summed E-state index contributed by atoms with van der Waals surface area (Å²) in [7, 11) is 0. The van der Waals surface area contributed by atoms with Crippen molar-refractivity contribution in [3.8, 4) is 0 Å². The van der Waals surface area contributed by atoms with Crippen molar-refractivity contribution in [3.05, 3.63) is 47.6 Å². The summed E-state index contributed by atoms with van der Waals surface area (Å²) in [4.78, 5) is 2.49. The van der Waals surface area contributed by atoms with Crippen molar-refractivity contribution in [1.82, 2.24) is 0 Å². The topological polar surface area (TPSA) is 29.3 Å². The Balaban J connectivity index is 1.83. The van der Waals surface area contributed by atoms with Crippen molar-refractivity contribution in [2.75, 3.05) is 23.7 Å². The predicted octanol–water partition coefficient (Wildman–Crippen LogP) is 3.30. The lowest BCUT2D eigenvalue weighted by Crippen LogP contribution is -2.31. The van der Waals surface area contributed by atoms with Crippen LogP contribution in [0.15, 0.2) is 42.0 Å². The third-order valence-electron chi connectivity index (χ3n) is 3.76. The highest BCUT2D eigenvalue weighted by Gasteiger charge is 2.17. The Morgan fingerprint density at radius 1 is 1.22 bits per heavy atom. The molecular weight excluding hydrogens is 220 g/mol. The molecule has 3 rings (SSSR count). The van der Waals surface area contributed by atoms with Gasteiger partial charge < -0.3 is 10.6 Å². The summed E-state index contributed by atoms with van der Waals surface area (Å²) < 4.78 is 0. The first kappa shape index (κ1) is 11.4. The number of nitrogens with two attached hydrogens (primary N) is 1. The average molecular weight is 240 g/mol. The van der Waals surface area contributed by atoms with Crippen molar-refractivity contribution in [2.24, 2.45) is 0 Å². The van der Waals surface area contributed by atoms with Gasteiger partial charge in [0.25, 0.3) is 0 Å². The van der Waals surface area contributed by atoms with E-state index in [0.717, 1.165) is 25.2 Å². The highest BCUT2D eigenvalue weighted by molar-refractivity contribution is 5.61. The Kier molecular flexibility index (Phi) is 3.09. The van der Waals surface area contributed by atoms with Gasteiger partial charge in [0.15, 0.2) is 0 Å². The van der Waals surface area contributed by atoms with Crippen LogP contribution in [0.5, 0.6) is 0 Å². The molecule has 0 atom stereocenters. The van der Waals surface area contributed by atoms with Crippen LogP contribution in [-0.2, 0) is 6.42 Å². The quantitative estimate of drug-likeness (QED) is 0.804. The van der Waals surface area contributed by atoms with Crippen molar-refractivity contribution >= 4 is 11.4 Å². The zero-order valence-electron chi connectivity index (χ0n) is 10.7. The van der Waals surface area contributed by atoms with E-state index in [1.54, 1.807) is 0 Å². The first-order chi connectivity index (χ1) is 8.83. The van der Waals surface area contributed by atoms with Crippen molar-refractivity contribution in [1.29, 1.82) is 0 Å². The first-order valence-corrected chi connectivity index (χ1v) is 6.82. The third-order valence-corrected chi connectivity index (χ3v) is 3.76. The number of nitrogen functional groups attached to an aromatic ring is 1. The fourth-order valence-electron chi connectivity index (χ4n) is 2.86. The standard InChI is InChI=1S/C16H20N2/c17-15-8-9-16-14(11-15)7-4-10-18(16)12-13-5-2-1-3-6-13/h2,5-6,8-9,11H,1,3-4,7,10,12,17H2. The number of aryl methyl sites for hydroxylation is 1. The van der Waals surface area contributed by atoms with Gasteiger partial charge in [-0.3, -0.25) is 0 Å². The summed E-state index contributed by atoms with van der Waals surface area (Å²) in [6.45, 7) is 2.19. The summed E-state index contributed by atoms with van der Waals surface area (Å²) in [5.41, 5.74) is 11.0. The molecule has 0 unspecified atom stereocenters. The van der Waals surface area contributed by atoms with E-state index in [1.807, 2.05) is 6.07 Å². The van der Waals surface area contributed by atoms with E-state index < -0.39 is 0 Å². The summed E-state index contributed by atoms with van der Waals surface area (Å²) in [6.07, 6.45) is 11.7. The van der Waals surface area contributed by atoms with Crippen molar-refractivity contribution in [2.45, 2.75) is 25.7 Å². The molecule has 2 heteroatoms. The SMILES string of the molecule is Nc1ccc2c(c1)CCCN2CC1=CCCC=C1. The van der Waals surface area contributed by atoms with Crippen LogP contribution in [0.1, 0.15) is 24.8 Å². The number of fused-ring (bicyclic) bond motifs is 1. The molecule has 0 fully saturated rings. The minimum atomic E-state index is 0.882. The van der Waals surface area contributed by atoms with Gasteiger partial charge in [0, 0.05) is 24.5 Å². The van der Waals surface area contributed by atoms with Crippen LogP contribution in [0, 0.1) is 0 Å². The molecule has 0 saturated heterocycles. The molecule has 1 aliphatic carbocycles. The Morgan fingerprint density at radius 2 is 2.17 bits per heavy atom. The molecule has 0 saturated carbocycles. The lowest BCUT2D eigenvalue weighted by atomic mass is 9.99. The second-order valence-corrected chi connectivity index (χ2v) is 5.17. The lowest BCUT2D eigenvalue weighted by Gasteiger charge is -2.32. The highest BCUT2D eigenvalue weighted by Crippen LogP contribution is 2.29. The molecule has 0 aromatic heterocycles. The van der Waals surface area contributed by atoms with E-state index in [1.165, 1.54) is 36.1 Å². The second-order valence-electron chi connectivity index (χ2n) is 5.17. The predicted molar refractivity (Wildman–Crippen MR) is 77.8 cm³/mol. The lowest BCUT2D eigenvalue weighted by molar-refractivity contribution is 0.715. The number of hydrogen-bond donors (Lipinski definition) is 1. The number of allylic oxidation sites excluding steroid dienone is 2. The molecule has 1 aromatic rings. The molecule has 0 spiro atoms. The first-order valence-electron chi connectivity index (χ1n) is 6.82. The molecule has 2 nitrogen and oxygen atoms in total. The number of benzene rings is 1. The summed E-state index contributed by atoms with van der Waals surface area (Å²) >= 11 is 0. The van der Waals surface area contributed by atoms with Gasteiger partial charge in [-0.25, -0.2) is 0 Å². The van der Waals surface area contributed by atoms with Crippen molar-refractivity contribution < 1.29 is 0 Å². The molecule has 2 N–H and O–H groups in total. The number of nitrogens with zero attached hydrogens (tertiary/aromatic N) is 1. The monoisotopic (exact) mass is 240 g/mol. The maximum absolute atomic E-state index is 5.87. The van der Waals surface area contributed by atoms with E-state index in [4.69, 9.17) is 5.73 Å². The Hall–Kier alpha value is -1.70. The van der Waals surface area contributed by atoms with Gasteiger partial charge in [0.1, 0.15) is 0 Å². The van der Waals surface area contributed by atoms with Gasteiger partial charge in [-0.1, -0.05) is 18.2 Å². The normalized spacial score (nSPS) is 18.4. The van der Waals surface area contributed by atoms with E-state index in [2.05, 4.69) is 35.3 Å². The number of anilines is 2. The molecule has 2 aliphatic rings. The van der Waals surface area contributed by atoms with Crippen LogP contribution >= 0.6 is 0 Å². The minimum absolute atomic E-state index is 0.882. The summed E-state index contributed by atoms with van der Waals surface area (Å²) in [5.74, 6) is 0. The zero-order chi connectivity index (χ0) is 12.4. The van der Waals surface area contributed by atoms with E-state index >= 15 is 0 Å². The average Bonchev–Trinajstić information content (AvgIpc) is 2.40. The van der Waals surface area contributed by atoms with Gasteiger partial charge >= 0.3 is 0 Å². The second kappa shape index (κ2) is 4.89. The van der Waals surface area contributed by atoms with Crippen molar-refractivity contribution in [3.63, 3.8) is 0 Å². The molecule has 18 heavy (non-hydrogen) atoms. The Labute approximate surface area is 109 Å². The maximum atomic E-state index is 5.87. The molecule has 0 radical (unpaired) electrons. The van der Waals surface area contributed by atoms with Gasteiger partial charge in [0.2, 0.25) is 0 Å². The van der Waals surface area contributed by atoms with E-state index in [0.29, 0.717) is 0 Å². The molecule has 1 aliphatic heterocycles. The number of rotatable bonds is 2. The Bertz CT molecular complexity index is 500. The van der Waals surface area contributed by atoms with Crippen LogP contribution in [0.3, 0.4) is 0 Å². The van der Waals surface area contributed by atoms with Crippen LogP contribution < -0.4 is 10.6 Å². The number of hydrogen-bond acceptors (Lipinski definition) is 2. The smallest absolute Gasteiger partial charge is 0.0426 e. The molecular formula is C16H20N2. The highest BCUT2D eigenvalue weighted by atomic mass is 15.1. The van der Waals surface area contributed by atoms with Gasteiger partial charge in [0.05, 0.1) is 0 Å². The van der Waals surface area contributed by atoms with Crippen LogP contribution in [0.4, 0.5) is 11.4 Å². The molecule has 1 heterocycles. The van der Waals surface area contributed by atoms with Crippen LogP contribution in [0.2, 0.25) is 0 Å². The molecule has 0 amide bonds. The Morgan fingerprint density at radius 3 is 3.00 bits per heavy atom. The maximum Gasteiger partial charge on any atom is 0.0426 e. The molecule has 1 aromatic carbocycles. The van der Waals surface area contributed by atoms with E-state index in [-0.39, 0.29) is 0 Å². The van der Waals surface area contributed by atoms with Crippen LogP contribution in [-0.4, -0.2) is 13.1 Å².